The van der Waals surface area contributed by atoms with Crippen LogP contribution in [-0.4, -0.2) is 10.7 Å². The minimum atomic E-state index is -0.458. The van der Waals surface area contributed by atoms with Gasteiger partial charge in [0.2, 0.25) is 0 Å². The van der Waals surface area contributed by atoms with Crippen molar-refractivity contribution in [3.8, 4) is 0 Å². The Morgan fingerprint density at radius 3 is 1.73 bits per heavy atom. The summed E-state index contributed by atoms with van der Waals surface area (Å²) in [4.78, 5) is 10.2. The van der Waals surface area contributed by atoms with Crippen LogP contribution in [0.5, 0.6) is 0 Å². The summed E-state index contributed by atoms with van der Waals surface area (Å²) < 4.78 is 0. The molecule has 5 aromatic rings. The van der Waals surface area contributed by atoms with Gasteiger partial charge in [-0.1, -0.05) is 176 Å². The Morgan fingerprint density at radius 1 is 0.615 bits per heavy atom. The van der Waals surface area contributed by atoms with E-state index in [0.29, 0.717) is 0 Å². The molecule has 2 nitrogen and oxygen atoms in total. The van der Waals surface area contributed by atoms with Crippen LogP contribution < -0.4 is 0 Å². The van der Waals surface area contributed by atoms with Gasteiger partial charge in [-0.05, 0) is 73.6 Å². The summed E-state index contributed by atoms with van der Waals surface area (Å²) in [5.74, 6) is 0. The molecular formula is C50H60N2. The van der Waals surface area contributed by atoms with E-state index in [2.05, 4.69) is 180 Å². The number of benzene rings is 4. The van der Waals surface area contributed by atoms with Crippen molar-refractivity contribution in [1.29, 1.82) is 0 Å². The second-order valence-corrected chi connectivity index (χ2v) is 19.7. The topological polar surface area (TPSA) is 28.1 Å². The van der Waals surface area contributed by atoms with Gasteiger partial charge >= 0.3 is 0 Å². The van der Waals surface area contributed by atoms with Crippen LogP contribution in [0.25, 0.3) is 22.0 Å². The third-order valence-corrected chi connectivity index (χ3v) is 11.7. The predicted molar refractivity (Wildman–Crippen MR) is 226 cm³/mol. The maximum atomic E-state index is 5.99. The number of nitrogens with zero attached hydrogens (tertiary/aromatic N) is 1. The van der Waals surface area contributed by atoms with Gasteiger partial charge in [0.15, 0.2) is 0 Å². The normalized spacial score (nSPS) is 17.7. The second-order valence-electron chi connectivity index (χ2n) is 19.7. The van der Waals surface area contributed by atoms with Crippen LogP contribution in [0.2, 0.25) is 0 Å². The fourth-order valence-corrected chi connectivity index (χ4v) is 8.73. The van der Waals surface area contributed by atoms with E-state index in [1.54, 1.807) is 0 Å². The first-order chi connectivity index (χ1) is 24.3. The average Bonchev–Trinajstić information content (AvgIpc) is 3.64. The minimum Gasteiger partial charge on any atom is -0.354 e. The lowest BCUT2D eigenvalue weighted by atomic mass is 9.60. The number of unbranched alkanes of at least 4 members (excludes halogenated alkanes) is 1. The molecule has 2 aliphatic rings. The number of aromatic nitrogens is 1. The van der Waals surface area contributed by atoms with Crippen molar-refractivity contribution < 1.29 is 0 Å². The van der Waals surface area contributed by atoms with E-state index in [1.165, 1.54) is 78.0 Å². The van der Waals surface area contributed by atoms with Crippen LogP contribution in [0.3, 0.4) is 0 Å². The lowest BCUT2D eigenvalue weighted by molar-refractivity contribution is 0.569. The van der Waals surface area contributed by atoms with Crippen LogP contribution in [0.4, 0.5) is 5.69 Å². The van der Waals surface area contributed by atoms with Crippen molar-refractivity contribution in [3.05, 3.63) is 135 Å². The fraction of sp³-hybridized carbons (Fsp3) is 0.420. The molecule has 1 unspecified atom stereocenters. The lowest BCUT2D eigenvalue weighted by Gasteiger charge is -2.41. The Labute approximate surface area is 313 Å². The van der Waals surface area contributed by atoms with Crippen LogP contribution in [0, 0.1) is 0 Å². The van der Waals surface area contributed by atoms with Gasteiger partial charge in [0.1, 0.15) is 0 Å². The molecule has 1 atom stereocenters. The summed E-state index contributed by atoms with van der Waals surface area (Å²) in [7, 11) is 0. The van der Waals surface area contributed by atoms with E-state index < -0.39 is 5.41 Å². The molecule has 1 aliphatic heterocycles. The number of allylic oxidation sites excluding steroid dienone is 1. The maximum Gasteiger partial charge on any atom is 0.0750 e. The quantitative estimate of drug-likeness (QED) is 0.190. The molecule has 7 rings (SSSR count). The SMILES string of the molecule is CCCCC1(c2ccccc2)C2=Nc3c(cc(C(C)(C)C)cc3C(C)(C)C)C2=C(c2ccccc2)c2[nH]c3c(C(C)(C)C)cc(C(C)(C)C)cc3c21. The first-order valence-corrected chi connectivity index (χ1v) is 19.6. The molecule has 1 N–H and O–H groups in total. The standard InChI is InChI=1S/C50H60N2/c1-14-15-26-50(32-24-20-17-21-25-32)41-36-28-34(47(5,6)7)30-38(49(11,12)13)43(36)51-44(41)39(31-22-18-16-19-23-31)40-35-27-33(46(2,3)4)29-37(48(8,9)10)42(35)52-45(40)50/h16-25,27-30,51H,14-15,26H2,1-13H3. The molecule has 0 saturated heterocycles. The molecule has 2 heterocycles. The van der Waals surface area contributed by atoms with E-state index in [4.69, 9.17) is 4.99 Å². The Balaban J connectivity index is 1.78. The number of aliphatic imine (C=N–C) groups is 1. The van der Waals surface area contributed by atoms with Crippen LogP contribution in [0.15, 0.2) is 89.9 Å². The molecule has 0 spiro atoms. The van der Waals surface area contributed by atoms with Crippen molar-refractivity contribution in [3.63, 3.8) is 0 Å². The van der Waals surface area contributed by atoms with E-state index in [0.717, 1.165) is 24.9 Å². The van der Waals surface area contributed by atoms with Gasteiger partial charge in [0, 0.05) is 33.2 Å². The first-order valence-electron chi connectivity index (χ1n) is 19.6. The summed E-state index contributed by atoms with van der Waals surface area (Å²) in [5.41, 5.74) is 17.5. The highest BCUT2D eigenvalue weighted by Gasteiger charge is 2.52. The van der Waals surface area contributed by atoms with E-state index in [-0.39, 0.29) is 21.7 Å². The first kappa shape index (κ1) is 36.2. The summed E-state index contributed by atoms with van der Waals surface area (Å²) >= 11 is 0. The molecule has 0 saturated carbocycles. The van der Waals surface area contributed by atoms with E-state index in [1.807, 2.05) is 0 Å². The van der Waals surface area contributed by atoms with E-state index >= 15 is 0 Å². The van der Waals surface area contributed by atoms with Crippen molar-refractivity contribution in [2.75, 3.05) is 0 Å². The van der Waals surface area contributed by atoms with Gasteiger partial charge in [-0.3, -0.25) is 4.99 Å². The van der Waals surface area contributed by atoms with Gasteiger partial charge in [-0.2, -0.15) is 0 Å². The number of fused-ring (bicyclic) bond motifs is 6. The number of nitrogens with one attached hydrogen (secondary N) is 1. The Hall–Kier alpha value is -4.17. The molecule has 0 fully saturated rings. The average molecular weight is 689 g/mol. The molecule has 52 heavy (non-hydrogen) atoms. The largest absolute Gasteiger partial charge is 0.354 e. The lowest BCUT2D eigenvalue weighted by Crippen LogP contribution is -2.40. The van der Waals surface area contributed by atoms with Gasteiger partial charge in [0.05, 0.1) is 22.5 Å². The highest BCUT2D eigenvalue weighted by molar-refractivity contribution is 6.42. The Kier molecular flexibility index (Phi) is 8.49. The molecule has 0 bridgehead atoms. The smallest absolute Gasteiger partial charge is 0.0750 e. The minimum absolute atomic E-state index is 0.0127. The van der Waals surface area contributed by atoms with Gasteiger partial charge in [0.25, 0.3) is 0 Å². The monoisotopic (exact) mass is 688 g/mol. The van der Waals surface area contributed by atoms with Crippen molar-refractivity contribution >= 4 is 33.4 Å². The number of aromatic amines is 1. The molecule has 1 aliphatic carbocycles. The van der Waals surface area contributed by atoms with Gasteiger partial charge < -0.3 is 4.98 Å². The number of H-pyrrole nitrogens is 1. The summed E-state index contributed by atoms with van der Waals surface area (Å²) in [6.07, 6.45) is 3.18. The highest BCUT2D eigenvalue weighted by Crippen LogP contribution is 2.60. The predicted octanol–water partition coefficient (Wildman–Crippen LogP) is 13.9. The number of hydrogen-bond donors (Lipinski definition) is 1. The highest BCUT2D eigenvalue weighted by atomic mass is 14.9. The van der Waals surface area contributed by atoms with Crippen molar-refractivity contribution in [2.45, 2.75) is 136 Å². The maximum absolute atomic E-state index is 5.99. The third kappa shape index (κ3) is 5.73. The zero-order valence-electron chi connectivity index (χ0n) is 34.2. The molecule has 4 aromatic carbocycles. The molecule has 1 aromatic heterocycles. The van der Waals surface area contributed by atoms with Gasteiger partial charge in [-0.15, -0.1) is 0 Å². The molecule has 270 valence electrons. The van der Waals surface area contributed by atoms with Crippen molar-refractivity contribution in [2.24, 2.45) is 4.99 Å². The number of hydrogen-bond acceptors (Lipinski definition) is 1. The second kappa shape index (κ2) is 12.2. The van der Waals surface area contributed by atoms with E-state index in [9.17, 15) is 0 Å². The summed E-state index contributed by atoms with van der Waals surface area (Å²) in [6.45, 7) is 30.6. The van der Waals surface area contributed by atoms with Crippen LogP contribution in [0.1, 0.15) is 159 Å². The van der Waals surface area contributed by atoms with Crippen LogP contribution >= 0.6 is 0 Å². The molecule has 0 amide bonds. The fourth-order valence-electron chi connectivity index (χ4n) is 8.73. The zero-order valence-corrected chi connectivity index (χ0v) is 34.2. The van der Waals surface area contributed by atoms with Crippen LogP contribution in [-0.2, 0) is 27.1 Å². The third-order valence-electron chi connectivity index (χ3n) is 11.7. The Bertz CT molecular complexity index is 2230. The van der Waals surface area contributed by atoms with Crippen molar-refractivity contribution in [1.82, 2.24) is 4.98 Å². The van der Waals surface area contributed by atoms with Gasteiger partial charge in [-0.25, -0.2) is 0 Å². The summed E-state index contributed by atoms with van der Waals surface area (Å²) in [6, 6.07) is 32.5. The molecule has 0 radical (unpaired) electrons. The molecule has 2 heteroatoms. The Morgan fingerprint density at radius 2 is 1.17 bits per heavy atom. The summed E-state index contributed by atoms with van der Waals surface area (Å²) in [5, 5.41) is 1.34. The molecular weight excluding hydrogens is 629 g/mol. The zero-order chi connectivity index (χ0) is 37.6. The number of rotatable bonds is 5.